The van der Waals surface area contributed by atoms with Gasteiger partial charge >= 0.3 is 0 Å². The highest BCUT2D eigenvalue weighted by Gasteiger charge is 2.25. The largest absolute Gasteiger partial charge is 0.390 e. The average Bonchev–Trinajstić information content (AvgIpc) is 2.79. The summed E-state index contributed by atoms with van der Waals surface area (Å²) >= 11 is 0. The first-order chi connectivity index (χ1) is 11.8. The summed E-state index contributed by atoms with van der Waals surface area (Å²) < 4.78 is 7.74. The lowest BCUT2D eigenvalue weighted by Crippen LogP contribution is -2.27. The first kappa shape index (κ1) is 15.2. The number of para-hydroxylation sites is 1. The van der Waals surface area contributed by atoms with E-state index in [-0.39, 0.29) is 6.10 Å². The Labute approximate surface area is 141 Å². The van der Waals surface area contributed by atoms with Gasteiger partial charge in [-0.2, -0.15) is 0 Å². The van der Waals surface area contributed by atoms with E-state index < -0.39 is 6.10 Å². The molecule has 4 rings (SSSR count). The van der Waals surface area contributed by atoms with E-state index in [9.17, 15) is 5.11 Å². The van der Waals surface area contributed by atoms with Crippen LogP contribution in [0.25, 0.3) is 17.0 Å². The van der Waals surface area contributed by atoms with Crippen LogP contribution in [0.1, 0.15) is 16.8 Å². The molecule has 24 heavy (non-hydrogen) atoms. The van der Waals surface area contributed by atoms with Crippen LogP contribution in [0.5, 0.6) is 0 Å². The molecule has 1 aliphatic rings. The van der Waals surface area contributed by atoms with Gasteiger partial charge in [0.2, 0.25) is 0 Å². The molecule has 3 nitrogen and oxygen atoms in total. The van der Waals surface area contributed by atoms with Gasteiger partial charge in [0, 0.05) is 36.7 Å². The third-order valence-electron chi connectivity index (χ3n) is 4.81. The molecule has 0 radical (unpaired) electrons. The molecular weight excluding hydrogens is 298 g/mol. The Hall–Kier alpha value is -2.36. The van der Waals surface area contributed by atoms with Crippen LogP contribution in [0.15, 0.2) is 60.7 Å². The smallest absolute Gasteiger partial charge is 0.102 e. The standard InChI is InChI=1S/C21H21NO2/c1-24-21-12-11-19-17(13-20(21)23)16-9-5-6-10-18(16)22(19)14-15-7-3-2-4-8-15/h2-12,20-21,23H,13-14H2,1H3. The molecule has 1 aromatic heterocycles. The zero-order valence-electron chi connectivity index (χ0n) is 13.7. The molecule has 2 atom stereocenters. The SMILES string of the molecule is COC1C=Cc2c(c3ccccc3n2Cc2ccccc2)CC1O. The van der Waals surface area contributed by atoms with Crippen LogP contribution >= 0.6 is 0 Å². The highest BCUT2D eigenvalue weighted by atomic mass is 16.5. The second kappa shape index (κ2) is 6.27. The van der Waals surface area contributed by atoms with Crippen molar-refractivity contribution >= 4 is 17.0 Å². The number of aliphatic hydroxyl groups excluding tert-OH is 1. The summed E-state index contributed by atoms with van der Waals surface area (Å²) in [6.45, 7) is 0.814. The highest BCUT2D eigenvalue weighted by Crippen LogP contribution is 2.32. The molecular formula is C21H21NO2. The van der Waals surface area contributed by atoms with E-state index in [4.69, 9.17) is 4.74 Å². The van der Waals surface area contributed by atoms with Crippen LogP contribution in [0.4, 0.5) is 0 Å². The molecule has 0 saturated heterocycles. The van der Waals surface area contributed by atoms with Crippen molar-refractivity contribution in [3.63, 3.8) is 0 Å². The van der Waals surface area contributed by atoms with Crippen molar-refractivity contribution in [3.8, 4) is 0 Å². The van der Waals surface area contributed by atoms with E-state index in [0.717, 1.165) is 6.54 Å². The molecule has 2 aromatic carbocycles. The van der Waals surface area contributed by atoms with Crippen LogP contribution in [0, 0.1) is 0 Å². The van der Waals surface area contributed by atoms with Crippen LogP contribution in [0.2, 0.25) is 0 Å². The number of nitrogens with zero attached hydrogens (tertiary/aromatic N) is 1. The lowest BCUT2D eigenvalue weighted by atomic mass is 10.0. The molecule has 0 amide bonds. The van der Waals surface area contributed by atoms with Crippen molar-refractivity contribution in [1.29, 1.82) is 0 Å². The lowest BCUT2D eigenvalue weighted by molar-refractivity contribution is 0.0188. The molecule has 2 unspecified atom stereocenters. The van der Waals surface area contributed by atoms with E-state index in [1.165, 1.54) is 27.7 Å². The number of benzene rings is 2. The van der Waals surface area contributed by atoms with Gasteiger partial charge in [0.05, 0.1) is 6.10 Å². The first-order valence-corrected chi connectivity index (χ1v) is 8.31. The van der Waals surface area contributed by atoms with Gasteiger partial charge in [-0.05, 0) is 23.3 Å². The summed E-state index contributed by atoms with van der Waals surface area (Å²) in [7, 11) is 1.64. The number of aliphatic hydroxyl groups is 1. The minimum absolute atomic E-state index is 0.263. The van der Waals surface area contributed by atoms with Crippen molar-refractivity contribution in [2.45, 2.75) is 25.2 Å². The molecule has 0 spiro atoms. The van der Waals surface area contributed by atoms with Gasteiger partial charge in [-0.25, -0.2) is 0 Å². The van der Waals surface area contributed by atoms with E-state index in [1.54, 1.807) is 7.11 Å². The van der Waals surface area contributed by atoms with Gasteiger partial charge in [0.25, 0.3) is 0 Å². The normalized spacial score (nSPS) is 20.1. The zero-order valence-corrected chi connectivity index (χ0v) is 13.7. The van der Waals surface area contributed by atoms with Crippen LogP contribution < -0.4 is 0 Å². The number of aromatic nitrogens is 1. The second-order valence-electron chi connectivity index (χ2n) is 6.28. The zero-order chi connectivity index (χ0) is 16.5. The Morgan fingerprint density at radius 2 is 1.83 bits per heavy atom. The van der Waals surface area contributed by atoms with Gasteiger partial charge < -0.3 is 14.4 Å². The molecule has 1 aliphatic carbocycles. The molecule has 0 bridgehead atoms. The van der Waals surface area contributed by atoms with E-state index in [1.807, 2.05) is 12.1 Å². The van der Waals surface area contributed by atoms with E-state index >= 15 is 0 Å². The van der Waals surface area contributed by atoms with Crippen molar-refractivity contribution in [2.75, 3.05) is 7.11 Å². The lowest BCUT2D eigenvalue weighted by Gasteiger charge is -2.16. The maximum Gasteiger partial charge on any atom is 0.102 e. The molecule has 3 heteroatoms. The summed E-state index contributed by atoms with van der Waals surface area (Å²) in [5.41, 5.74) is 4.84. The topological polar surface area (TPSA) is 34.4 Å². The predicted molar refractivity (Wildman–Crippen MR) is 97.0 cm³/mol. The van der Waals surface area contributed by atoms with Crippen molar-refractivity contribution in [2.24, 2.45) is 0 Å². The summed E-state index contributed by atoms with van der Waals surface area (Å²) in [6.07, 6.45) is 3.88. The Bertz CT molecular complexity index is 879. The third-order valence-corrected chi connectivity index (χ3v) is 4.81. The monoisotopic (exact) mass is 319 g/mol. The van der Waals surface area contributed by atoms with E-state index in [2.05, 4.69) is 59.2 Å². The molecule has 0 aliphatic heterocycles. The maximum atomic E-state index is 10.5. The summed E-state index contributed by atoms with van der Waals surface area (Å²) in [5.74, 6) is 0. The minimum Gasteiger partial charge on any atom is -0.390 e. The fourth-order valence-electron chi connectivity index (χ4n) is 3.61. The average molecular weight is 319 g/mol. The van der Waals surface area contributed by atoms with Crippen LogP contribution in [-0.2, 0) is 17.7 Å². The van der Waals surface area contributed by atoms with Gasteiger partial charge in [0.1, 0.15) is 6.10 Å². The van der Waals surface area contributed by atoms with Crippen molar-refractivity contribution in [3.05, 3.63) is 77.5 Å². The molecule has 1 N–H and O–H groups in total. The summed E-state index contributed by atoms with van der Waals surface area (Å²) in [4.78, 5) is 0. The molecule has 122 valence electrons. The fraction of sp³-hybridized carbons (Fsp3) is 0.238. The summed E-state index contributed by atoms with van der Waals surface area (Å²) in [6, 6.07) is 18.9. The fourth-order valence-corrected chi connectivity index (χ4v) is 3.61. The molecule has 0 saturated carbocycles. The first-order valence-electron chi connectivity index (χ1n) is 8.31. The Morgan fingerprint density at radius 3 is 2.62 bits per heavy atom. The number of ether oxygens (including phenoxy) is 1. The minimum atomic E-state index is -0.525. The number of hydrogen-bond donors (Lipinski definition) is 1. The number of fused-ring (bicyclic) bond motifs is 3. The van der Waals surface area contributed by atoms with Crippen LogP contribution in [0.3, 0.4) is 0 Å². The predicted octanol–water partition coefficient (Wildman–Crippen LogP) is 3.63. The number of rotatable bonds is 3. The highest BCUT2D eigenvalue weighted by molar-refractivity contribution is 5.88. The van der Waals surface area contributed by atoms with Crippen LogP contribution in [-0.4, -0.2) is 29.0 Å². The van der Waals surface area contributed by atoms with Gasteiger partial charge in [-0.1, -0.05) is 54.6 Å². The second-order valence-corrected chi connectivity index (χ2v) is 6.28. The molecule has 1 heterocycles. The van der Waals surface area contributed by atoms with Crippen molar-refractivity contribution in [1.82, 2.24) is 4.57 Å². The quantitative estimate of drug-likeness (QED) is 0.800. The summed E-state index contributed by atoms with van der Waals surface area (Å²) in [5, 5.41) is 11.7. The van der Waals surface area contributed by atoms with Gasteiger partial charge in [0.15, 0.2) is 0 Å². The molecule has 0 fully saturated rings. The van der Waals surface area contributed by atoms with Gasteiger partial charge in [-0.15, -0.1) is 0 Å². The van der Waals surface area contributed by atoms with E-state index in [0.29, 0.717) is 6.42 Å². The molecule has 3 aromatic rings. The number of hydrogen-bond acceptors (Lipinski definition) is 2. The Morgan fingerprint density at radius 1 is 1.08 bits per heavy atom. The Balaban J connectivity index is 1.89. The Kier molecular flexibility index (Phi) is 3.97. The maximum absolute atomic E-state index is 10.5. The third kappa shape index (κ3) is 2.56. The van der Waals surface area contributed by atoms with Crippen molar-refractivity contribution < 1.29 is 9.84 Å². The van der Waals surface area contributed by atoms with Gasteiger partial charge in [-0.3, -0.25) is 0 Å². The number of methoxy groups -OCH3 is 1.